The van der Waals surface area contributed by atoms with E-state index in [9.17, 15) is 18.1 Å². The molecule has 2 aliphatic rings. The molecule has 1 heterocycles. The van der Waals surface area contributed by atoms with Crippen LogP contribution in [0.3, 0.4) is 0 Å². The maximum atomic E-state index is 10.7. The number of phenolic OH excluding ortho intramolecular Hbond substituents is 1. The van der Waals surface area contributed by atoms with E-state index in [4.69, 9.17) is 9.72 Å². The molecule has 0 spiro atoms. The lowest BCUT2D eigenvalue weighted by Gasteiger charge is -2.27. The first kappa shape index (κ1) is 34.3. The molecule has 1 aliphatic carbocycles. The maximum absolute atomic E-state index is 10.7. The standard InChI is InChI=1S/C17H28O5S.C16H18N3S/c1-16(2,3)12-11-15(22-8-7-9-23(19,20)21)13(10-14(12)18)17(4,5)6;1-18(2)11-5-7-13-15(9-11)20-16-10-12(19(3)4)6-8-14(16)17-13/h10-11,18H,7-9H2,1-6H3,(H,19,20,21);5-10H,1-4H3/q;+1/p-1. The summed E-state index contributed by atoms with van der Waals surface area (Å²) >= 11 is 1.80. The van der Waals surface area contributed by atoms with Crippen molar-refractivity contribution >= 4 is 37.4 Å². The number of ether oxygens (including phenoxy) is 1. The fourth-order valence-electron chi connectivity index (χ4n) is 4.45. The van der Waals surface area contributed by atoms with Gasteiger partial charge in [-0.25, -0.2) is 18.0 Å². The number of aromatic nitrogens is 1. The van der Waals surface area contributed by atoms with E-state index in [0.29, 0.717) is 5.75 Å². The van der Waals surface area contributed by atoms with Crippen molar-refractivity contribution in [2.75, 3.05) is 45.5 Å². The van der Waals surface area contributed by atoms with Gasteiger partial charge in [0.05, 0.1) is 37.5 Å². The lowest BCUT2D eigenvalue weighted by molar-refractivity contribution is 0.304. The summed E-state index contributed by atoms with van der Waals surface area (Å²) in [6, 6.07) is 16.3. The second-order valence-electron chi connectivity index (χ2n) is 13.1. The average molecular weight is 628 g/mol. The summed E-state index contributed by atoms with van der Waals surface area (Å²) in [5, 5.41) is 11.5. The van der Waals surface area contributed by atoms with E-state index in [2.05, 4.69) is 74.1 Å². The average Bonchev–Trinajstić information content (AvgIpc) is 2.88. The van der Waals surface area contributed by atoms with Crippen LogP contribution in [0.25, 0.3) is 20.8 Å². The molecule has 0 radical (unpaired) electrons. The van der Waals surface area contributed by atoms with Crippen molar-refractivity contribution < 1.29 is 22.8 Å². The molecule has 0 fully saturated rings. The van der Waals surface area contributed by atoms with Crippen LogP contribution in [-0.2, 0) is 20.9 Å². The van der Waals surface area contributed by atoms with Crippen molar-refractivity contribution in [3.8, 4) is 22.1 Å². The molecule has 8 nitrogen and oxygen atoms in total. The van der Waals surface area contributed by atoms with Crippen molar-refractivity contribution in [1.82, 2.24) is 9.56 Å². The zero-order valence-corrected chi connectivity index (χ0v) is 28.6. The summed E-state index contributed by atoms with van der Waals surface area (Å²) in [6.07, 6.45) is 0.140. The Balaban J connectivity index is 0.000000237. The first-order chi connectivity index (χ1) is 19.8. The molecule has 4 rings (SSSR count). The van der Waals surface area contributed by atoms with E-state index in [-0.39, 0.29) is 29.6 Å². The SMILES string of the molecule is CC(C)(C)c1cc(OCCCS(=O)(=O)[O-])c(C(C)(C)C)cc1O.CN(C)c1ccc2nc3ccc(=[N+](C)C)cc-3sc2c1. The molecule has 0 bridgehead atoms. The van der Waals surface area contributed by atoms with Crippen molar-refractivity contribution in [3.63, 3.8) is 0 Å². The third-order valence-electron chi connectivity index (χ3n) is 6.89. The number of hydrogen-bond donors (Lipinski definition) is 1. The fourth-order valence-corrected chi connectivity index (χ4v) is 5.96. The zero-order chi connectivity index (χ0) is 32.3. The van der Waals surface area contributed by atoms with E-state index < -0.39 is 15.9 Å². The van der Waals surface area contributed by atoms with Gasteiger partial charge in [0.25, 0.3) is 0 Å². The van der Waals surface area contributed by atoms with Crippen LogP contribution in [0.4, 0.5) is 5.69 Å². The highest BCUT2D eigenvalue weighted by Gasteiger charge is 2.26. The first-order valence-corrected chi connectivity index (χ1v) is 16.6. The van der Waals surface area contributed by atoms with E-state index >= 15 is 0 Å². The number of anilines is 1. The molecule has 1 aliphatic heterocycles. The Labute approximate surface area is 260 Å². The third-order valence-corrected chi connectivity index (χ3v) is 8.77. The van der Waals surface area contributed by atoms with E-state index in [1.54, 1.807) is 17.4 Å². The molecular formula is C33H45N3O5S2. The molecule has 0 amide bonds. The lowest BCUT2D eigenvalue weighted by atomic mass is 9.81. The second kappa shape index (κ2) is 13.2. The number of fused-ring (bicyclic) bond motifs is 2. The molecule has 0 saturated heterocycles. The number of rotatable bonds is 6. The minimum absolute atomic E-state index is 0.138. The monoisotopic (exact) mass is 627 g/mol. The Morgan fingerprint density at radius 3 is 2.16 bits per heavy atom. The molecule has 2 aromatic rings. The summed E-state index contributed by atoms with van der Waals surface area (Å²) in [6.45, 7) is 12.1. The van der Waals surface area contributed by atoms with Crippen molar-refractivity contribution in [3.05, 3.63) is 65.0 Å². The van der Waals surface area contributed by atoms with Gasteiger partial charge >= 0.3 is 0 Å². The highest BCUT2D eigenvalue weighted by atomic mass is 32.2. The lowest BCUT2D eigenvalue weighted by Crippen LogP contribution is -2.21. The summed E-state index contributed by atoms with van der Waals surface area (Å²) < 4.78 is 41.0. The Morgan fingerprint density at radius 1 is 0.953 bits per heavy atom. The molecule has 0 saturated carbocycles. The minimum atomic E-state index is -4.23. The van der Waals surface area contributed by atoms with Gasteiger partial charge in [0.1, 0.15) is 25.6 Å². The van der Waals surface area contributed by atoms with Crippen LogP contribution in [0.5, 0.6) is 11.5 Å². The smallest absolute Gasteiger partial charge is 0.201 e. The second-order valence-corrected chi connectivity index (χ2v) is 15.7. The molecule has 0 atom stereocenters. The van der Waals surface area contributed by atoms with Gasteiger partial charge in [-0.1, -0.05) is 41.5 Å². The largest absolute Gasteiger partial charge is 0.748 e. The maximum Gasteiger partial charge on any atom is 0.201 e. The Hall–Kier alpha value is -3.21. The summed E-state index contributed by atoms with van der Waals surface area (Å²) in [5.74, 6) is 0.391. The van der Waals surface area contributed by atoms with Crippen molar-refractivity contribution in [2.45, 2.75) is 58.8 Å². The van der Waals surface area contributed by atoms with Crippen LogP contribution in [0, 0.1) is 0 Å². The first-order valence-electron chi connectivity index (χ1n) is 14.2. The molecule has 2 aromatic carbocycles. The van der Waals surface area contributed by atoms with Gasteiger partial charge in [0.15, 0.2) is 0 Å². The number of phenols is 1. The fraction of sp³-hybridized carbons (Fsp3) is 0.455. The van der Waals surface area contributed by atoms with Crippen LogP contribution in [0.2, 0.25) is 0 Å². The topological polar surface area (TPSA) is 106 Å². The number of nitrogens with zero attached hydrogens (tertiary/aromatic N) is 3. The molecular weight excluding hydrogens is 583 g/mol. The number of benzene rings is 3. The summed E-state index contributed by atoms with van der Waals surface area (Å²) in [5.41, 5.74) is 4.44. The minimum Gasteiger partial charge on any atom is -0.748 e. The van der Waals surface area contributed by atoms with Crippen LogP contribution >= 0.6 is 11.3 Å². The van der Waals surface area contributed by atoms with Gasteiger partial charge in [-0.2, -0.15) is 0 Å². The Bertz CT molecular complexity index is 1730. The molecule has 1 N–H and O–H groups in total. The molecule has 43 heavy (non-hydrogen) atoms. The van der Waals surface area contributed by atoms with E-state index in [0.717, 1.165) is 22.3 Å². The number of aromatic hydroxyl groups is 1. The van der Waals surface area contributed by atoms with Crippen LogP contribution in [0.15, 0.2) is 48.5 Å². The van der Waals surface area contributed by atoms with E-state index in [1.165, 1.54) is 20.6 Å². The molecule has 0 aromatic heterocycles. The predicted molar refractivity (Wildman–Crippen MR) is 178 cm³/mol. The third kappa shape index (κ3) is 9.39. The highest BCUT2D eigenvalue weighted by molar-refractivity contribution is 7.85. The molecule has 10 heteroatoms. The van der Waals surface area contributed by atoms with Crippen LogP contribution in [0.1, 0.15) is 59.1 Å². The Morgan fingerprint density at radius 2 is 1.60 bits per heavy atom. The van der Waals surface area contributed by atoms with Gasteiger partial charge in [-0.3, -0.25) is 0 Å². The summed E-state index contributed by atoms with van der Waals surface area (Å²) in [7, 11) is 4.01. The van der Waals surface area contributed by atoms with Gasteiger partial charge in [0, 0.05) is 48.8 Å². The van der Waals surface area contributed by atoms with Gasteiger partial charge < -0.3 is 19.3 Å². The van der Waals surface area contributed by atoms with Crippen molar-refractivity contribution in [2.24, 2.45) is 0 Å². The van der Waals surface area contributed by atoms with E-state index in [1.807, 2.05) is 47.6 Å². The van der Waals surface area contributed by atoms with Crippen molar-refractivity contribution in [1.29, 1.82) is 0 Å². The predicted octanol–water partition coefficient (Wildman–Crippen LogP) is 5.80. The normalized spacial score (nSPS) is 12.2. The van der Waals surface area contributed by atoms with Gasteiger partial charge in [-0.05, 0) is 53.6 Å². The van der Waals surface area contributed by atoms with Crippen LogP contribution in [-0.4, -0.2) is 63.6 Å². The van der Waals surface area contributed by atoms with Gasteiger partial charge in [0.2, 0.25) is 5.36 Å². The number of hydrogen-bond acceptors (Lipinski definition) is 8. The molecule has 0 unspecified atom stereocenters. The quantitative estimate of drug-likeness (QED) is 0.125. The van der Waals surface area contributed by atoms with Crippen LogP contribution < -0.4 is 19.6 Å². The zero-order valence-electron chi connectivity index (χ0n) is 27.0. The summed E-state index contributed by atoms with van der Waals surface area (Å²) in [4.78, 5) is 8.09. The van der Waals surface area contributed by atoms with Gasteiger partial charge in [-0.15, -0.1) is 11.3 Å². The molecule has 234 valence electrons. The Kier molecular flexibility index (Phi) is 10.5. The highest BCUT2D eigenvalue weighted by Crippen LogP contribution is 2.40.